The minimum atomic E-state index is -0.479. The molecule has 0 saturated heterocycles. The molecule has 0 aliphatic rings. The van der Waals surface area contributed by atoms with Crippen LogP contribution < -0.4 is 5.32 Å². The Kier molecular flexibility index (Phi) is 3.30. The first-order valence-electron chi connectivity index (χ1n) is 5.29. The van der Waals surface area contributed by atoms with Crippen LogP contribution in [0.4, 0.5) is 5.82 Å². The molecule has 0 radical (unpaired) electrons. The molecular weight excluding hydrogens is 246 g/mol. The molecule has 6 nitrogen and oxygen atoms in total. The third kappa shape index (κ3) is 2.79. The monoisotopic (exact) mass is 255 g/mol. The molecule has 94 valence electrons. The first kappa shape index (κ1) is 12.4. The summed E-state index contributed by atoms with van der Waals surface area (Å²) < 4.78 is 0. The van der Waals surface area contributed by atoms with Gasteiger partial charge >= 0.3 is 0 Å². The van der Waals surface area contributed by atoms with Crippen molar-refractivity contribution in [1.82, 2.24) is 4.98 Å². The van der Waals surface area contributed by atoms with Crippen LogP contribution in [0.25, 0.3) is 0 Å². The summed E-state index contributed by atoms with van der Waals surface area (Å²) in [7, 11) is 0. The van der Waals surface area contributed by atoms with E-state index in [1.807, 2.05) is 6.07 Å². The molecule has 0 saturated carbocycles. The molecule has 1 amide bonds. The zero-order valence-corrected chi connectivity index (χ0v) is 9.66. The number of benzene rings is 1. The second-order valence-corrected chi connectivity index (χ2v) is 3.70. The molecule has 3 N–H and O–H groups in total. The molecule has 1 aromatic heterocycles. The summed E-state index contributed by atoms with van der Waals surface area (Å²) in [5.74, 6) is -0.863. The summed E-state index contributed by atoms with van der Waals surface area (Å²) in [5, 5.41) is 29.6. The van der Waals surface area contributed by atoms with Gasteiger partial charge in [0.1, 0.15) is 11.9 Å². The van der Waals surface area contributed by atoms with E-state index in [0.29, 0.717) is 5.56 Å². The van der Waals surface area contributed by atoms with Crippen LogP contribution in [0.1, 0.15) is 15.9 Å². The molecule has 2 rings (SSSR count). The molecule has 0 aliphatic heterocycles. The van der Waals surface area contributed by atoms with Crippen LogP contribution in [-0.4, -0.2) is 21.1 Å². The van der Waals surface area contributed by atoms with Crippen LogP contribution in [-0.2, 0) is 0 Å². The Morgan fingerprint density at radius 1 is 1.21 bits per heavy atom. The lowest BCUT2D eigenvalue weighted by Gasteiger charge is -2.05. The van der Waals surface area contributed by atoms with E-state index in [0.717, 1.165) is 6.07 Å². The van der Waals surface area contributed by atoms with Gasteiger partial charge in [0.2, 0.25) is 0 Å². The van der Waals surface area contributed by atoms with E-state index in [4.69, 9.17) is 10.4 Å². The van der Waals surface area contributed by atoms with Crippen molar-refractivity contribution in [2.75, 3.05) is 5.32 Å². The first-order chi connectivity index (χ1) is 9.10. The van der Waals surface area contributed by atoms with Gasteiger partial charge in [-0.3, -0.25) is 4.79 Å². The number of nitrogens with one attached hydrogen (secondary N) is 1. The van der Waals surface area contributed by atoms with Crippen LogP contribution >= 0.6 is 0 Å². The van der Waals surface area contributed by atoms with Crippen molar-refractivity contribution in [2.45, 2.75) is 0 Å². The summed E-state index contributed by atoms with van der Waals surface area (Å²) in [4.78, 5) is 15.7. The molecule has 0 unspecified atom stereocenters. The fourth-order valence-corrected chi connectivity index (χ4v) is 1.39. The van der Waals surface area contributed by atoms with E-state index in [-0.39, 0.29) is 22.9 Å². The lowest BCUT2D eigenvalue weighted by Crippen LogP contribution is -2.12. The van der Waals surface area contributed by atoms with Gasteiger partial charge in [0.05, 0.1) is 5.56 Å². The van der Waals surface area contributed by atoms with Crippen LogP contribution in [0.3, 0.4) is 0 Å². The molecule has 6 heteroatoms. The SMILES string of the molecule is N#Cc1ccc(NC(=O)c2ccc(O)c(O)c2)nc1. The number of aromatic hydroxyl groups is 2. The molecule has 2 aromatic rings. The molecule has 0 spiro atoms. The first-order valence-corrected chi connectivity index (χ1v) is 5.29. The van der Waals surface area contributed by atoms with Crippen molar-refractivity contribution in [3.8, 4) is 17.6 Å². The number of pyridine rings is 1. The number of carbonyl (C=O) groups excluding carboxylic acids is 1. The fourth-order valence-electron chi connectivity index (χ4n) is 1.39. The third-order valence-corrected chi connectivity index (χ3v) is 2.37. The van der Waals surface area contributed by atoms with Gasteiger partial charge in [0, 0.05) is 11.8 Å². The number of aromatic nitrogens is 1. The number of hydrogen-bond donors (Lipinski definition) is 3. The summed E-state index contributed by atoms with van der Waals surface area (Å²) in [6.07, 6.45) is 1.34. The Morgan fingerprint density at radius 3 is 2.58 bits per heavy atom. The van der Waals surface area contributed by atoms with Crippen LogP contribution in [0, 0.1) is 11.3 Å². The highest BCUT2D eigenvalue weighted by atomic mass is 16.3. The predicted molar refractivity (Wildman–Crippen MR) is 66.7 cm³/mol. The maximum absolute atomic E-state index is 11.8. The minimum Gasteiger partial charge on any atom is -0.504 e. The topological polar surface area (TPSA) is 106 Å². The number of hydrogen-bond acceptors (Lipinski definition) is 5. The van der Waals surface area contributed by atoms with E-state index >= 15 is 0 Å². The maximum Gasteiger partial charge on any atom is 0.256 e. The zero-order chi connectivity index (χ0) is 13.8. The molecule has 1 heterocycles. The second-order valence-electron chi connectivity index (χ2n) is 3.70. The van der Waals surface area contributed by atoms with Gasteiger partial charge in [-0.1, -0.05) is 0 Å². The molecule has 0 atom stereocenters. The van der Waals surface area contributed by atoms with Crippen molar-refractivity contribution < 1.29 is 15.0 Å². The number of anilines is 1. The number of nitrogens with zero attached hydrogens (tertiary/aromatic N) is 2. The van der Waals surface area contributed by atoms with Crippen molar-refractivity contribution in [2.24, 2.45) is 0 Å². The lowest BCUT2D eigenvalue weighted by molar-refractivity contribution is 0.102. The van der Waals surface area contributed by atoms with Crippen LogP contribution in [0.15, 0.2) is 36.5 Å². The minimum absolute atomic E-state index is 0.182. The Bertz CT molecular complexity index is 660. The number of phenolic OH excluding ortho intramolecular Hbond substituents is 2. The van der Waals surface area contributed by atoms with Crippen LogP contribution in [0.5, 0.6) is 11.5 Å². The molecular formula is C13H9N3O3. The average Bonchev–Trinajstić information content (AvgIpc) is 2.42. The number of rotatable bonds is 2. The fraction of sp³-hybridized carbons (Fsp3) is 0. The Morgan fingerprint density at radius 2 is 2.00 bits per heavy atom. The molecule has 0 aliphatic carbocycles. The van der Waals surface area contributed by atoms with E-state index in [1.165, 1.54) is 30.5 Å². The maximum atomic E-state index is 11.8. The second kappa shape index (κ2) is 5.06. The van der Waals surface area contributed by atoms with E-state index in [1.54, 1.807) is 0 Å². The van der Waals surface area contributed by atoms with Crippen molar-refractivity contribution in [1.29, 1.82) is 5.26 Å². The third-order valence-electron chi connectivity index (χ3n) is 2.37. The summed E-state index contributed by atoms with van der Waals surface area (Å²) in [6, 6.07) is 8.67. The Labute approximate surface area is 108 Å². The number of amides is 1. The van der Waals surface area contributed by atoms with Gasteiger partial charge < -0.3 is 15.5 Å². The van der Waals surface area contributed by atoms with Gasteiger partial charge in [0.25, 0.3) is 5.91 Å². The number of nitriles is 1. The smallest absolute Gasteiger partial charge is 0.256 e. The number of phenols is 2. The van der Waals surface area contributed by atoms with Gasteiger partial charge in [-0.25, -0.2) is 4.98 Å². The van der Waals surface area contributed by atoms with Crippen molar-refractivity contribution >= 4 is 11.7 Å². The summed E-state index contributed by atoms with van der Waals surface area (Å²) >= 11 is 0. The van der Waals surface area contributed by atoms with Crippen molar-refractivity contribution in [3.63, 3.8) is 0 Å². The van der Waals surface area contributed by atoms with Gasteiger partial charge in [-0.05, 0) is 30.3 Å². The summed E-state index contributed by atoms with van der Waals surface area (Å²) in [5.41, 5.74) is 0.571. The van der Waals surface area contributed by atoms with Gasteiger partial charge in [-0.15, -0.1) is 0 Å². The Hall–Kier alpha value is -3.07. The van der Waals surface area contributed by atoms with Gasteiger partial charge in [-0.2, -0.15) is 5.26 Å². The number of carbonyl (C=O) groups is 1. The van der Waals surface area contributed by atoms with Gasteiger partial charge in [0.15, 0.2) is 11.5 Å². The normalized spacial score (nSPS) is 9.63. The molecule has 19 heavy (non-hydrogen) atoms. The molecule has 1 aromatic carbocycles. The predicted octanol–water partition coefficient (Wildman–Crippen LogP) is 1.62. The molecule has 0 bridgehead atoms. The highest BCUT2D eigenvalue weighted by molar-refractivity contribution is 6.04. The molecule has 0 fully saturated rings. The van der Waals surface area contributed by atoms with E-state index in [9.17, 15) is 9.90 Å². The van der Waals surface area contributed by atoms with Crippen molar-refractivity contribution in [3.05, 3.63) is 47.7 Å². The van der Waals surface area contributed by atoms with E-state index < -0.39 is 5.91 Å². The summed E-state index contributed by atoms with van der Waals surface area (Å²) in [6.45, 7) is 0. The zero-order valence-electron chi connectivity index (χ0n) is 9.66. The lowest BCUT2D eigenvalue weighted by atomic mass is 10.2. The Balaban J connectivity index is 2.16. The average molecular weight is 255 g/mol. The highest BCUT2D eigenvalue weighted by Crippen LogP contribution is 2.25. The van der Waals surface area contributed by atoms with Crippen LogP contribution in [0.2, 0.25) is 0 Å². The largest absolute Gasteiger partial charge is 0.504 e. The van der Waals surface area contributed by atoms with E-state index in [2.05, 4.69) is 10.3 Å². The standard InChI is InChI=1S/C13H9N3O3/c14-6-8-1-4-12(15-7-8)16-13(19)9-2-3-10(17)11(18)5-9/h1-5,7,17-18H,(H,15,16,19). The quantitative estimate of drug-likeness (QED) is 0.707. The highest BCUT2D eigenvalue weighted by Gasteiger charge is 2.09.